The summed E-state index contributed by atoms with van der Waals surface area (Å²) < 4.78 is 25.5. The highest BCUT2D eigenvalue weighted by atomic mass is 79.9. The van der Waals surface area contributed by atoms with E-state index in [1.165, 1.54) is 6.07 Å². The molecule has 1 aromatic heterocycles. The van der Waals surface area contributed by atoms with E-state index in [1.807, 2.05) is 0 Å². The van der Waals surface area contributed by atoms with Crippen LogP contribution in [0.15, 0.2) is 15.1 Å². The summed E-state index contributed by atoms with van der Waals surface area (Å²) in [5.74, 6) is 0. The second kappa shape index (κ2) is 4.79. The summed E-state index contributed by atoms with van der Waals surface area (Å²) >= 11 is 9.36. The molecule has 0 amide bonds. The highest BCUT2D eigenvalue weighted by Crippen LogP contribution is 2.30. The first-order valence-electron chi connectivity index (χ1n) is 3.25. The molecule has 0 aromatic carbocycles. The fourth-order valence-corrected chi connectivity index (χ4v) is 2.54. The van der Waals surface area contributed by atoms with Crippen molar-refractivity contribution in [3.05, 3.63) is 26.4 Å². The molecule has 0 unspecified atom stereocenters. The lowest BCUT2D eigenvalue weighted by molar-refractivity contribution is 0.150. The van der Waals surface area contributed by atoms with Crippen LogP contribution in [0, 0.1) is 0 Å². The van der Waals surface area contributed by atoms with Gasteiger partial charge in [0.15, 0.2) is 0 Å². The van der Waals surface area contributed by atoms with Crippen LogP contribution in [0.3, 0.4) is 0 Å². The van der Waals surface area contributed by atoms with Gasteiger partial charge in [-0.1, -0.05) is 15.9 Å². The third-order valence-electron chi connectivity index (χ3n) is 1.39. The molecule has 1 nitrogen and oxygen atoms in total. The normalized spacial score (nSPS) is 10.9. The summed E-state index contributed by atoms with van der Waals surface area (Å²) in [7, 11) is 0. The van der Waals surface area contributed by atoms with Gasteiger partial charge in [-0.3, -0.25) is 0 Å². The summed E-state index contributed by atoms with van der Waals surface area (Å²) in [5, 5.41) is 0.524. The summed E-state index contributed by atoms with van der Waals surface area (Å²) in [6.45, 7) is 0. The molecule has 6 heteroatoms. The second-order valence-electron chi connectivity index (χ2n) is 2.23. The molecular formula is C7H4Br3F2N. The molecule has 0 N–H and O–H groups in total. The molecule has 1 heterocycles. The van der Waals surface area contributed by atoms with Crippen LogP contribution in [0.5, 0.6) is 0 Å². The minimum atomic E-state index is -2.51. The number of rotatable bonds is 2. The van der Waals surface area contributed by atoms with E-state index in [0.29, 0.717) is 15.5 Å². The Morgan fingerprint density at radius 2 is 2.00 bits per heavy atom. The van der Waals surface area contributed by atoms with Crippen molar-refractivity contribution in [3.63, 3.8) is 0 Å². The maximum absolute atomic E-state index is 12.3. The number of hydrogen-bond acceptors (Lipinski definition) is 1. The molecule has 0 atom stereocenters. The number of nitrogens with zero attached hydrogens (tertiary/aromatic N) is 1. The Morgan fingerprint density at radius 1 is 1.38 bits per heavy atom. The molecule has 1 rings (SSSR count). The van der Waals surface area contributed by atoms with E-state index < -0.39 is 6.43 Å². The number of alkyl halides is 3. The molecular weight excluding hydrogens is 376 g/mol. The van der Waals surface area contributed by atoms with E-state index in [4.69, 9.17) is 0 Å². The molecule has 0 spiro atoms. The van der Waals surface area contributed by atoms with Gasteiger partial charge in [-0.05, 0) is 37.9 Å². The Morgan fingerprint density at radius 3 is 2.46 bits per heavy atom. The average molecular weight is 380 g/mol. The molecule has 0 saturated carbocycles. The van der Waals surface area contributed by atoms with Crippen LogP contribution in [-0.2, 0) is 5.33 Å². The van der Waals surface area contributed by atoms with E-state index >= 15 is 0 Å². The predicted molar refractivity (Wildman–Crippen MR) is 57.2 cm³/mol. The Hall–Kier alpha value is 0.450. The van der Waals surface area contributed by atoms with Crippen molar-refractivity contribution >= 4 is 47.8 Å². The van der Waals surface area contributed by atoms with E-state index in [2.05, 4.69) is 52.8 Å². The quantitative estimate of drug-likeness (QED) is 0.547. The fourth-order valence-electron chi connectivity index (χ4n) is 0.763. The Bertz CT molecular complexity index is 317. The van der Waals surface area contributed by atoms with Crippen LogP contribution in [0.4, 0.5) is 8.78 Å². The third kappa shape index (κ3) is 2.70. The Balaban J connectivity index is 3.20. The van der Waals surface area contributed by atoms with Gasteiger partial charge in [0.2, 0.25) is 0 Å². The maximum atomic E-state index is 12.3. The minimum absolute atomic E-state index is 0.100. The van der Waals surface area contributed by atoms with Gasteiger partial charge >= 0.3 is 0 Å². The zero-order valence-corrected chi connectivity index (χ0v) is 11.0. The second-order valence-corrected chi connectivity index (χ2v) is 4.40. The van der Waals surface area contributed by atoms with Crippen LogP contribution >= 0.6 is 47.8 Å². The molecule has 0 fully saturated rings. The molecule has 0 bridgehead atoms. The van der Waals surface area contributed by atoms with Gasteiger partial charge in [0.05, 0.1) is 11.3 Å². The van der Waals surface area contributed by atoms with Crippen LogP contribution in [0.1, 0.15) is 17.7 Å². The predicted octanol–water partition coefficient (Wildman–Crippen LogP) is 4.44. The van der Waals surface area contributed by atoms with E-state index in [1.54, 1.807) is 0 Å². The number of hydrogen-bond donors (Lipinski definition) is 0. The van der Waals surface area contributed by atoms with Crippen molar-refractivity contribution in [2.24, 2.45) is 0 Å². The SMILES string of the molecule is FC(F)c1cc(Br)c(CBr)nc1Br. The third-order valence-corrected chi connectivity index (χ3v) is 3.24. The van der Waals surface area contributed by atoms with E-state index in [9.17, 15) is 8.78 Å². The van der Waals surface area contributed by atoms with Crippen molar-refractivity contribution in [1.82, 2.24) is 4.98 Å². The van der Waals surface area contributed by atoms with Gasteiger partial charge in [-0.2, -0.15) is 0 Å². The molecule has 0 aliphatic rings. The van der Waals surface area contributed by atoms with E-state index in [-0.39, 0.29) is 10.2 Å². The van der Waals surface area contributed by atoms with Crippen LogP contribution < -0.4 is 0 Å². The first kappa shape index (κ1) is 11.5. The Kier molecular flexibility index (Phi) is 4.25. The van der Waals surface area contributed by atoms with Crippen LogP contribution in [0.25, 0.3) is 0 Å². The standard InChI is InChI=1S/C7H4Br3F2N/c8-2-5-4(9)1-3(7(11)12)6(10)13-5/h1,7H,2H2. The lowest BCUT2D eigenvalue weighted by atomic mass is 10.3. The molecule has 72 valence electrons. The first-order valence-corrected chi connectivity index (χ1v) is 5.96. The molecule has 13 heavy (non-hydrogen) atoms. The lowest BCUT2D eigenvalue weighted by Crippen LogP contribution is -1.95. The molecule has 1 aromatic rings. The van der Waals surface area contributed by atoms with Gasteiger partial charge < -0.3 is 0 Å². The number of halogens is 5. The first-order chi connectivity index (χ1) is 6.06. The largest absolute Gasteiger partial charge is 0.266 e. The monoisotopic (exact) mass is 377 g/mol. The molecule has 0 aliphatic carbocycles. The zero-order valence-electron chi connectivity index (χ0n) is 6.20. The van der Waals surface area contributed by atoms with Crippen molar-refractivity contribution in [2.75, 3.05) is 0 Å². The summed E-state index contributed by atoms with van der Waals surface area (Å²) in [6, 6.07) is 1.37. The topological polar surface area (TPSA) is 12.9 Å². The van der Waals surface area contributed by atoms with Crippen LogP contribution in [0.2, 0.25) is 0 Å². The summed E-state index contributed by atoms with van der Waals surface area (Å²) in [6.07, 6.45) is -2.51. The van der Waals surface area contributed by atoms with Crippen molar-refractivity contribution < 1.29 is 8.78 Å². The van der Waals surface area contributed by atoms with Gasteiger partial charge in [-0.15, -0.1) is 0 Å². The number of aromatic nitrogens is 1. The minimum Gasteiger partial charge on any atom is -0.243 e. The van der Waals surface area contributed by atoms with Gasteiger partial charge in [0.25, 0.3) is 6.43 Å². The molecule has 0 radical (unpaired) electrons. The lowest BCUT2D eigenvalue weighted by Gasteiger charge is -2.06. The number of pyridine rings is 1. The van der Waals surface area contributed by atoms with Gasteiger partial charge in [-0.25, -0.2) is 13.8 Å². The average Bonchev–Trinajstić information content (AvgIpc) is 2.07. The highest BCUT2D eigenvalue weighted by Gasteiger charge is 2.15. The molecule has 0 saturated heterocycles. The van der Waals surface area contributed by atoms with Crippen molar-refractivity contribution in [2.45, 2.75) is 11.8 Å². The highest BCUT2D eigenvalue weighted by molar-refractivity contribution is 9.11. The fraction of sp³-hybridized carbons (Fsp3) is 0.286. The Labute approximate surface area is 99.3 Å². The van der Waals surface area contributed by atoms with Gasteiger partial charge in [0, 0.05) is 9.80 Å². The summed E-state index contributed by atoms with van der Waals surface area (Å²) in [5.41, 5.74) is 0.591. The van der Waals surface area contributed by atoms with Crippen molar-refractivity contribution in [1.29, 1.82) is 0 Å². The van der Waals surface area contributed by atoms with Crippen LogP contribution in [-0.4, -0.2) is 4.98 Å². The molecule has 0 aliphatic heterocycles. The maximum Gasteiger partial charge on any atom is 0.266 e. The zero-order chi connectivity index (χ0) is 10.0. The van der Waals surface area contributed by atoms with E-state index in [0.717, 1.165) is 0 Å². The van der Waals surface area contributed by atoms with Gasteiger partial charge in [0.1, 0.15) is 4.60 Å². The van der Waals surface area contributed by atoms with Crippen molar-refractivity contribution in [3.8, 4) is 0 Å². The summed E-state index contributed by atoms with van der Waals surface area (Å²) in [4.78, 5) is 3.96. The smallest absolute Gasteiger partial charge is 0.243 e.